The molecule has 3 aromatic rings. The molecule has 0 saturated carbocycles. The Labute approximate surface area is 187 Å². The van der Waals surface area contributed by atoms with Gasteiger partial charge in [0.15, 0.2) is 35.4 Å². The summed E-state index contributed by atoms with van der Waals surface area (Å²) in [5.74, 6) is 3.25. The van der Waals surface area contributed by atoms with E-state index in [0.717, 1.165) is 21.9 Å². The molecular formula is C22H27NO8S. The minimum Gasteiger partial charge on any atom is -0.748 e. The second kappa shape index (κ2) is 10.9. The fourth-order valence-electron chi connectivity index (χ4n) is 3.21. The summed E-state index contributed by atoms with van der Waals surface area (Å²) in [6.07, 6.45) is 5.21. The van der Waals surface area contributed by atoms with Crippen LogP contribution in [0.15, 0.2) is 36.7 Å². The Morgan fingerprint density at radius 1 is 0.781 bits per heavy atom. The molecule has 0 unspecified atom stereocenters. The molecule has 1 N–H and O–H groups in total. The van der Waals surface area contributed by atoms with Gasteiger partial charge in [0, 0.05) is 29.0 Å². The maximum absolute atomic E-state index is 9.08. The lowest BCUT2D eigenvalue weighted by Crippen LogP contribution is -2.05. The normalized spacial score (nSPS) is 10.7. The maximum Gasteiger partial charge on any atom is 0.203 e. The van der Waals surface area contributed by atoms with Crippen molar-refractivity contribution >= 4 is 20.9 Å². The van der Waals surface area contributed by atoms with Crippen molar-refractivity contribution in [2.75, 3.05) is 41.8 Å². The number of hydrogen-bond acceptors (Lipinski definition) is 8. The van der Waals surface area contributed by atoms with Crippen molar-refractivity contribution in [3.8, 4) is 28.7 Å². The highest BCUT2D eigenvalue weighted by Gasteiger charge is 2.16. The fourth-order valence-corrected chi connectivity index (χ4v) is 3.21. The van der Waals surface area contributed by atoms with Crippen LogP contribution in [0.3, 0.4) is 0 Å². The monoisotopic (exact) mass is 465 g/mol. The van der Waals surface area contributed by atoms with Gasteiger partial charge in [-0.25, -0.2) is 13.4 Å². The maximum atomic E-state index is 9.08. The lowest BCUT2D eigenvalue weighted by atomic mass is 10.00. The van der Waals surface area contributed by atoms with Crippen LogP contribution in [-0.4, -0.2) is 54.8 Å². The van der Waals surface area contributed by atoms with E-state index in [1.807, 2.05) is 36.7 Å². The first-order chi connectivity index (χ1) is 15.1. The number of methoxy groups -OCH3 is 5. The van der Waals surface area contributed by atoms with E-state index < -0.39 is 10.1 Å². The second-order valence-electron chi connectivity index (χ2n) is 6.69. The summed E-state index contributed by atoms with van der Waals surface area (Å²) >= 11 is 0. The lowest BCUT2D eigenvalue weighted by molar-refractivity contribution is -0.376. The number of aromatic amines is 1. The van der Waals surface area contributed by atoms with E-state index in [9.17, 15) is 0 Å². The van der Waals surface area contributed by atoms with Crippen molar-refractivity contribution in [2.24, 2.45) is 0 Å². The highest BCUT2D eigenvalue weighted by atomic mass is 32.2. The summed E-state index contributed by atoms with van der Waals surface area (Å²) in [4.78, 5) is 3.21. The van der Waals surface area contributed by atoms with E-state index in [2.05, 4.69) is 4.98 Å². The molecule has 1 heterocycles. The number of nitrogens with one attached hydrogen (secondary N) is 1. The predicted molar refractivity (Wildman–Crippen MR) is 118 cm³/mol. The molecule has 32 heavy (non-hydrogen) atoms. The first kappa shape index (κ1) is 25.0. The van der Waals surface area contributed by atoms with Crippen LogP contribution in [0.25, 0.3) is 10.8 Å². The van der Waals surface area contributed by atoms with Crippen LogP contribution in [0.1, 0.15) is 11.1 Å². The summed E-state index contributed by atoms with van der Waals surface area (Å²) < 4.78 is 54.4. The molecule has 9 nitrogen and oxygen atoms in total. The van der Waals surface area contributed by atoms with Crippen molar-refractivity contribution in [1.82, 2.24) is 0 Å². The molecule has 0 bridgehead atoms. The third-order valence-electron chi connectivity index (χ3n) is 4.52. The standard InChI is InChI=1S/C21H23NO5.CH4O3S/c1-23-17-9-15-12-22-11-14(16(15)10-18(17)24-2)6-13-7-19(25-3)21(27-5)20(8-13)26-4;1-5(2,3)4/h7-12H,6H2,1-5H3;1H3,(H,2,3,4). The highest BCUT2D eigenvalue weighted by Crippen LogP contribution is 2.39. The van der Waals surface area contributed by atoms with E-state index in [1.165, 1.54) is 0 Å². The number of benzene rings is 2. The van der Waals surface area contributed by atoms with Crippen molar-refractivity contribution in [2.45, 2.75) is 6.42 Å². The van der Waals surface area contributed by atoms with Crippen LogP contribution >= 0.6 is 0 Å². The Morgan fingerprint density at radius 2 is 1.28 bits per heavy atom. The third kappa shape index (κ3) is 6.38. The van der Waals surface area contributed by atoms with Crippen molar-refractivity contribution in [3.63, 3.8) is 0 Å². The Morgan fingerprint density at radius 3 is 1.75 bits per heavy atom. The van der Waals surface area contributed by atoms with Crippen molar-refractivity contribution in [3.05, 3.63) is 47.8 Å². The predicted octanol–water partition coefficient (Wildman–Crippen LogP) is 2.45. The fraction of sp³-hybridized carbons (Fsp3) is 0.318. The zero-order valence-corrected chi connectivity index (χ0v) is 19.7. The minimum absolute atomic E-state index is 0.583. The number of aromatic nitrogens is 1. The molecule has 3 rings (SSSR count). The average Bonchev–Trinajstić information content (AvgIpc) is 2.76. The molecule has 2 aromatic carbocycles. The third-order valence-corrected chi connectivity index (χ3v) is 4.52. The summed E-state index contributed by atoms with van der Waals surface area (Å²) in [5, 5.41) is 2.12. The molecule has 0 aliphatic rings. The molecule has 0 radical (unpaired) electrons. The Bertz CT molecular complexity index is 1150. The SMILES string of the molecule is COc1cc2c[nH+]cc(Cc3cc(OC)c(OC)c(OC)c3)c2cc1OC.CS(=O)(=O)[O-]. The molecular weight excluding hydrogens is 438 g/mol. The van der Waals surface area contributed by atoms with Gasteiger partial charge < -0.3 is 28.2 Å². The van der Waals surface area contributed by atoms with Crippen LogP contribution in [0.4, 0.5) is 0 Å². The molecule has 10 heteroatoms. The van der Waals surface area contributed by atoms with Crippen LogP contribution in [0.2, 0.25) is 0 Å². The van der Waals surface area contributed by atoms with Gasteiger partial charge in [-0.2, -0.15) is 0 Å². The largest absolute Gasteiger partial charge is 0.748 e. The van der Waals surface area contributed by atoms with E-state index in [0.29, 0.717) is 41.4 Å². The minimum atomic E-state index is -3.92. The van der Waals surface area contributed by atoms with Gasteiger partial charge in [-0.15, -0.1) is 0 Å². The molecule has 0 amide bonds. The van der Waals surface area contributed by atoms with Crippen LogP contribution in [0.5, 0.6) is 28.7 Å². The first-order valence-corrected chi connectivity index (χ1v) is 11.2. The van der Waals surface area contributed by atoms with Crippen molar-refractivity contribution < 1.29 is 41.6 Å². The van der Waals surface area contributed by atoms with Crippen LogP contribution in [0, 0.1) is 0 Å². The van der Waals surface area contributed by atoms with Crippen LogP contribution in [-0.2, 0) is 16.5 Å². The molecule has 0 saturated heterocycles. The first-order valence-electron chi connectivity index (χ1n) is 9.39. The molecule has 0 aliphatic carbocycles. The molecule has 174 valence electrons. The lowest BCUT2D eigenvalue weighted by Gasteiger charge is -2.14. The zero-order chi connectivity index (χ0) is 23.9. The van der Waals surface area contributed by atoms with Crippen molar-refractivity contribution in [1.29, 1.82) is 0 Å². The Hall–Kier alpha value is -3.24. The Kier molecular flexibility index (Phi) is 8.50. The number of hydrogen-bond donors (Lipinski definition) is 0. The average molecular weight is 466 g/mol. The molecule has 0 fully saturated rings. The quantitative estimate of drug-likeness (QED) is 0.489. The summed E-state index contributed by atoms with van der Waals surface area (Å²) in [6.45, 7) is 0. The topological polar surface area (TPSA) is 117 Å². The van der Waals surface area contributed by atoms with Gasteiger partial charge in [-0.1, -0.05) is 0 Å². The second-order valence-corrected chi connectivity index (χ2v) is 8.10. The van der Waals surface area contributed by atoms with Gasteiger partial charge in [0.2, 0.25) is 5.75 Å². The molecule has 0 atom stereocenters. The van der Waals surface area contributed by atoms with Gasteiger partial charge in [0.1, 0.15) is 0 Å². The summed E-state index contributed by atoms with van der Waals surface area (Å²) in [6, 6.07) is 7.88. The highest BCUT2D eigenvalue weighted by molar-refractivity contribution is 7.84. The van der Waals surface area contributed by atoms with E-state index in [1.54, 1.807) is 35.5 Å². The van der Waals surface area contributed by atoms with Gasteiger partial charge in [0.25, 0.3) is 0 Å². The van der Waals surface area contributed by atoms with Gasteiger partial charge in [-0.3, -0.25) is 0 Å². The molecule has 0 aliphatic heterocycles. The summed E-state index contributed by atoms with van der Waals surface area (Å²) in [7, 11) is 4.18. The van der Waals surface area contributed by atoms with Crippen LogP contribution < -0.4 is 28.7 Å². The zero-order valence-electron chi connectivity index (χ0n) is 18.8. The number of ether oxygens (including phenoxy) is 5. The number of fused-ring (bicyclic) bond motifs is 1. The van der Waals surface area contributed by atoms with E-state index in [-0.39, 0.29) is 0 Å². The number of H-pyrrole nitrogens is 1. The van der Waals surface area contributed by atoms with E-state index >= 15 is 0 Å². The van der Waals surface area contributed by atoms with Gasteiger partial charge in [0.05, 0.1) is 45.7 Å². The van der Waals surface area contributed by atoms with Gasteiger partial charge in [-0.05, 0) is 29.8 Å². The Balaban J connectivity index is 0.000000654. The smallest absolute Gasteiger partial charge is 0.203 e. The number of pyridine rings is 1. The summed E-state index contributed by atoms with van der Waals surface area (Å²) in [5.41, 5.74) is 2.16. The molecule has 1 aromatic heterocycles. The molecule has 0 spiro atoms. The van der Waals surface area contributed by atoms with Gasteiger partial charge >= 0.3 is 0 Å². The number of rotatable bonds is 7. The van der Waals surface area contributed by atoms with E-state index in [4.69, 9.17) is 36.7 Å².